The van der Waals surface area contributed by atoms with Gasteiger partial charge in [-0.25, -0.2) is 4.39 Å². The van der Waals surface area contributed by atoms with Crippen molar-refractivity contribution in [1.29, 1.82) is 0 Å². The first-order valence-corrected chi connectivity index (χ1v) is 5.91. The first-order chi connectivity index (χ1) is 8.33. The average molecular weight is 227 g/mol. The predicted octanol–water partition coefficient (Wildman–Crippen LogP) is 3.14. The Morgan fingerprint density at radius 2 is 1.82 bits per heavy atom. The summed E-state index contributed by atoms with van der Waals surface area (Å²) in [4.78, 5) is 0. The van der Waals surface area contributed by atoms with Crippen LogP contribution in [0.1, 0.15) is 11.1 Å². The Balaban J connectivity index is 2.04. The van der Waals surface area contributed by atoms with E-state index in [0.29, 0.717) is 0 Å². The molecule has 0 saturated heterocycles. The van der Waals surface area contributed by atoms with E-state index >= 15 is 0 Å². The van der Waals surface area contributed by atoms with Gasteiger partial charge in [0.1, 0.15) is 5.82 Å². The Kier molecular flexibility index (Phi) is 2.65. The van der Waals surface area contributed by atoms with E-state index in [1.165, 1.54) is 17.2 Å². The second kappa shape index (κ2) is 4.30. The molecule has 0 bridgehead atoms. The van der Waals surface area contributed by atoms with Gasteiger partial charge < -0.3 is 5.32 Å². The fourth-order valence-electron chi connectivity index (χ4n) is 2.33. The van der Waals surface area contributed by atoms with Crippen molar-refractivity contribution < 1.29 is 4.39 Å². The van der Waals surface area contributed by atoms with Gasteiger partial charge in [0.15, 0.2) is 0 Å². The maximum Gasteiger partial charge on any atom is 0.123 e. The lowest BCUT2D eigenvalue weighted by Gasteiger charge is -2.18. The Bertz CT molecular complexity index is 548. The van der Waals surface area contributed by atoms with Crippen molar-refractivity contribution in [1.82, 2.24) is 5.32 Å². The molecule has 0 radical (unpaired) electrons. The lowest BCUT2D eigenvalue weighted by molar-refractivity contribution is 0.628. The minimum absolute atomic E-state index is 0.182. The van der Waals surface area contributed by atoms with Gasteiger partial charge in [-0.1, -0.05) is 24.3 Å². The molecular weight excluding hydrogens is 213 g/mol. The number of fused-ring (bicyclic) bond motifs is 1. The van der Waals surface area contributed by atoms with Gasteiger partial charge in [0.05, 0.1) is 0 Å². The van der Waals surface area contributed by atoms with Crippen molar-refractivity contribution in [2.24, 2.45) is 0 Å². The average Bonchev–Trinajstić information content (AvgIpc) is 2.38. The Morgan fingerprint density at radius 3 is 2.71 bits per heavy atom. The van der Waals surface area contributed by atoms with Crippen LogP contribution in [-0.2, 0) is 13.0 Å². The molecular formula is C15H14FN. The van der Waals surface area contributed by atoms with E-state index in [-0.39, 0.29) is 5.82 Å². The van der Waals surface area contributed by atoms with E-state index in [4.69, 9.17) is 0 Å². The highest BCUT2D eigenvalue weighted by atomic mass is 19.1. The van der Waals surface area contributed by atoms with Crippen molar-refractivity contribution >= 4 is 0 Å². The summed E-state index contributed by atoms with van der Waals surface area (Å²) in [6.07, 6.45) is 1.08. The van der Waals surface area contributed by atoms with Crippen LogP contribution in [-0.4, -0.2) is 6.54 Å². The third-order valence-corrected chi connectivity index (χ3v) is 3.25. The van der Waals surface area contributed by atoms with Crippen LogP contribution in [0.5, 0.6) is 0 Å². The molecule has 17 heavy (non-hydrogen) atoms. The molecule has 1 N–H and O–H groups in total. The maximum absolute atomic E-state index is 13.2. The number of hydrogen-bond donors (Lipinski definition) is 1. The second-order valence-electron chi connectivity index (χ2n) is 4.42. The smallest absolute Gasteiger partial charge is 0.123 e. The molecule has 2 heteroatoms. The van der Waals surface area contributed by atoms with Crippen molar-refractivity contribution in [3.8, 4) is 11.1 Å². The molecule has 3 rings (SSSR count). The summed E-state index contributed by atoms with van der Waals surface area (Å²) < 4.78 is 13.2. The van der Waals surface area contributed by atoms with Crippen molar-refractivity contribution in [3.05, 3.63) is 59.4 Å². The monoisotopic (exact) mass is 227 g/mol. The molecule has 2 aromatic rings. The SMILES string of the molecule is Fc1cccc(-c2ccc3c(c2)CNCC3)c1. The number of halogens is 1. The highest BCUT2D eigenvalue weighted by Gasteiger charge is 2.09. The summed E-state index contributed by atoms with van der Waals surface area (Å²) in [6, 6.07) is 13.2. The lowest BCUT2D eigenvalue weighted by atomic mass is 9.95. The van der Waals surface area contributed by atoms with Crippen LogP contribution < -0.4 is 5.32 Å². The summed E-state index contributed by atoms with van der Waals surface area (Å²) in [6.45, 7) is 1.96. The molecule has 0 saturated carbocycles. The third kappa shape index (κ3) is 2.08. The van der Waals surface area contributed by atoms with Gasteiger partial charge in [-0.3, -0.25) is 0 Å². The Morgan fingerprint density at radius 1 is 0.941 bits per heavy atom. The maximum atomic E-state index is 13.2. The zero-order valence-electron chi connectivity index (χ0n) is 9.54. The molecule has 0 unspecified atom stereocenters. The number of rotatable bonds is 1. The molecule has 1 heterocycles. The highest BCUT2D eigenvalue weighted by molar-refractivity contribution is 5.65. The van der Waals surface area contributed by atoms with Gasteiger partial charge in [-0.2, -0.15) is 0 Å². The minimum Gasteiger partial charge on any atom is -0.312 e. The summed E-state index contributed by atoms with van der Waals surface area (Å²) in [5.41, 5.74) is 4.77. The molecule has 0 aliphatic carbocycles. The first-order valence-electron chi connectivity index (χ1n) is 5.91. The standard InChI is InChI=1S/C15H14FN/c16-15-3-1-2-12(9-15)13-5-4-11-6-7-17-10-14(11)8-13/h1-5,8-9,17H,6-7,10H2. The summed E-state index contributed by atoms with van der Waals surface area (Å²) in [5, 5.41) is 3.36. The van der Waals surface area contributed by atoms with Gasteiger partial charge >= 0.3 is 0 Å². The van der Waals surface area contributed by atoms with Crippen LogP contribution in [0.2, 0.25) is 0 Å². The van der Waals surface area contributed by atoms with E-state index in [2.05, 4.69) is 23.5 Å². The van der Waals surface area contributed by atoms with Gasteiger partial charge in [-0.15, -0.1) is 0 Å². The van der Waals surface area contributed by atoms with Crippen molar-refractivity contribution in [2.45, 2.75) is 13.0 Å². The molecule has 1 aliphatic heterocycles. The van der Waals surface area contributed by atoms with Crippen LogP contribution in [0.15, 0.2) is 42.5 Å². The van der Waals surface area contributed by atoms with E-state index in [1.807, 2.05) is 6.07 Å². The van der Waals surface area contributed by atoms with Crippen LogP contribution in [0.3, 0.4) is 0 Å². The van der Waals surface area contributed by atoms with Gasteiger partial charge in [0.25, 0.3) is 0 Å². The quantitative estimate of drug-likeness (QED) is 0.789. The predicted molar refractivity (Wildman–Crippen MR) is 67.2 cm³/mol. The molecule has 0 amide bonds. The Labute approximate surface area is 100 Å². The lowest BCUT2D eigenvalue weighted by Crippen LogP contribution is -2.23. The second-order valence-corrected chi connectivity index (χ2v) is 4.42. The van der Waals surface area contributed by atoms with Gasteiger partial charge in [-0.05, 0) is 53.4 Å². The zero-order valence-corrected chi connectivity index (χ0v) is 9.54. The van der Waals surface area contributed by atoms with Gasteiger partial charge in [0.2, 0.25) is 0 Å². The summed E-state index contributed by atoms with van der Waals surface area (Å²) in [7, 11) is 0. The number of hydrogen-bond acceptors (Lipinski definition) is 1. The highest BCUT2D eigenvalue weighted by Crippen LogP contribution is 2.24. The molecule has 1 aliphatic rings. The number of benzene rings is 2. The van der Waals surface area contributed by atoms with E-state index in [0.717, 1.165) is 30.6 Å². The van der Waals surface area contributed by atoms with E-state index in [9.17, 15) is 4.39 Å². The van der Waals surface area contributed by atoms with Crippen molar-refractivity contribution in [3.63, 3.8) is 0 Å². The van der Waals surface area contributed by atoms with Crippen LogP contribution >= 0.6 is 0 Å². The third-order valence-electron chi connectivity index (χ3n) is 3.25. The van der Waals surface area contributed by atoms with Crippen LogP contribution in [0.25, 0.3) is 11.1 Å². The largest absolute Gasteiger partial charge is 0.312 e. The number of nitrogens with one attached hydrogen (secondary N) is 1. The van der Waals surface area contributed by atoms with Gasteiger partial charge in [0, 0.05) is 6.54 Å². The molecule has 2 aromatic carbocycles. The molecule has 1 nitrogen and oxygen atoms in total. The summed E-state index contributed by atoms with van der Waals surface area (Å²) in [5.74, 6) is -0.182. The zero-order chi connectivity index (χ0) is 11.7. The molecule has 86 valence electrons. The first kappa shape index (κ1) is 10.5. The Hall–Kier alpha value is -1.67. The van der Waals surface area contributed by atoms with E-state index < -0.39 is 0 Å². The molecule has 0 atom stereocenters. The fourth-order valence-corrected chi connectivity index (χ4v) is 2.33. The van der Waals surface area contributed by atoms with E-state index in [1.54, 1.807) is 12.1 Å². The van der Waals surface area contributed by atoms with Crippen LogP contribution in [0.4, 0.5) is 4.39 Å². The topological polar surface area (TPSA) is 12.0 Å². The molecule has 0 fully saturated rings. The van der Waals surface area contributed by atoms with Crippen molar-refractivity contribution in [2.75, 3.05) is 6.54 Å². The van der Waals surface area contributed by atoms with Crippen LogP contribution in [0, 0.1) is 5.82 Å². The summed E-state index contributed by atoms with van der Waals surface area (Å²) >= 11 is 0. The minimum atomic E-state index is -0.182. The molecule has 0 aromatic heterocycles. The molecule has 0 spiro atoms. The fraction of sp³-hybridized carbons (Fsp3) is 0.200. The normalized spacial score (nSPS) is 14.4.